The number of benzene rings is 2. The average molecular weight is 556 g/mol. The molecule has 5 nitrogen and oxygen atoms in total. The summed E-state index contributed by atoms with van der Waals surface area (Å²) in [7, 11) is 0. The van der Waals surface area contributed by atoms with Crippen molar-refractivity contribution in [3.63, 3.8) is 0 Å². The number of fused-ring (bicyclic) bond motifs is 2. The highest BCUT2D eigenvalue weighted by Gasteiger charge is 2.60. The third-order valence-electron chi connectivity index (χ3n) is 7.46. The lowest BCUT2D eigenvalue weighted by Gasteiger charge is -2.63. The lowest BCUT2D eigenvalue weighted by molar-refractivity contribution is -0.101. The summed E-state index contributed by atoms with van der Waals surface area (Å²) in [6.45, 7) is 2.97. The Bertz CT molecular complexity index is 1260. The molecule has 3 fully saturated rings. The van der Waals surface area contributed by atoms with Crippen LogP contribution in [-0.2, 0) is 11.8 Å². The van der Waals surface area contributed by atoms with Crippen molar-refractivity contribution in [1.29, 1.82) is 0 Å². The predicted octanol–water partition coefficient (Wildman–Crippen LogP) is 5.33. The molecule has 3 heterocycles. The fourth-order valence-electron chi connectivity index (χ4n) is 5.96. The van der Waals surface area contributed by atoms with Crippen LogP contribution in [0.15, 0.2) is 65.3 Å². The largest absolute Gasteiger partial charge is 0.396 e. The Balaban J connectivity index is 1.26. The van der Waals surface area contributed by atoms with Crippen LogP contribution < -0.4 is 5.32 Å². The zero-order valence-electron chi connectivity index (χ0n) is 20.0. The Morgan fingerprint density at radius 2 is 1.89 bits per heavy atom. The second-order valence-corrected chi connectivity index (χ2v) is 11.3. The quantitative estimate of drug-likeness (QED) is 0.413. The van der Waals surface area contributed by atoms with Gasteiger partial charge in [0.25, 0.3) is 5.91 Å². The number of carbonyl (C=O) groups excluding carboxylic acids is 1. The summed E-state index contributed by atoms with van der Waals surface area (Å²) >= 11 is 3.38. The summed E-state index contributed by atoms with van der Waals surface area (Å²) in [5.41, 5.74) is 1.48. The second kappa shape index (κ2) is 9.56. The predicted molar refractivity (Wildman–Crippen MR) is 138 cm³/mol. The topological polar surface area (TPSA) is 65.5 Å². The molecule has 2 aliphatic heterocycles. The van der Waals surface area contributed by atoms with Gasteiger partial charge < -0.3 is 15.3 Å². The maximum Gasteiger partial charge on any atom is 0.255 e. The van der Waals surface area contributed by atoms with Crippen LogP contribution in [0.1, 0.15) is 41.3 Å². The molecule has 2 bridgehead atoms. The number of halogens is 3. The van der Waals surface area contributed by atoms with Gasteiger partial charge >= 0.3 is 0 Å². The number of anilines is 1. The van der Waals surface area contributed by atoms with Gasteiger partial charge in [0.2, 0.25) is 0 Å². The van der Waals surface area contributed by atoms with Crippen molar-refractivity contribution in [2.75, 3.05) is 25.0 Å². The van der Waals surface area contributed by atoms with Gasteiger partial charge in [0, 0.05) is 40.6 Å². The van der Waals surface area contributed by atoms with Crippen molar-refractivity contribution in [1.82, 2.24) is 9.88 Å². The molecule has 188 valence electrons. The summed E-state index contributed by atoms with van der Waals surface area (Å²) < 4.78 is 28.4. The number of pyridine rings is 1. The Morgan fingerprint density at radius 3 is 2.56 bits per heavy atom. The number of aromatic nitrogens is 1. The SMILES string of the molecule is CC(Cc1cc(Br)ccc1F)Nc1ccc(C(=O)N2CC3(CO)CC(c4ccc(F)cc4)(C2)C3)cn1. The fourth-order valence-corrected chi connectivity index (χ4v) is 6.37. The van der Waals surface area contributed by atoms with E-state index in [9.17, 15) is 18.7 Å². The number of nitrogens with zero attached hydrogens (tertiary/aromatic N) is 2. The first-order chi connectivity index (χ1) is 17.2. The van der Waals surface area contributed by atoms with Gasteiger partial charge in [0.15, 0.2) is 0 Å². The van der Waals surface area contributed by atoms with E-state index in [-0.39, 0.29) is 41.0 Å². The van der Waals surface area contributed by atoms with Crippen molar-refractivity contribution in [3.05, 3.63) is 93.6 Å². The van der Waals surface area contributed by atoms with Crippen molar-refractivity contribution in [3.8, 4) is 0 Å². The highest BCUT2D eigenvalue weighted by molar-refractivity contribution is 9.10. The van der Waals surface area contributed by atoms with Crippen LogP contribution >= 0.6 is 15.9 Å². The molecule has 8 heteroatoms. The number of hydrogen-bond donors (Lipinski definition) is 2. The van der Waals surface area contributed by atoms with E-state index in [1.165, 1.54) is 18.2 Å². The zero-order valence-corrected chi connectivity index (χ0v) is 21.6. The maximum absolute atomic E-state index is 14.1. The molecule has 1 amide bonds. The van der Waals surface area contributed by atoms with Crippen molar-refractivity contribution in [2.45, 2.75) is 37.6 Å². The summed E-state index contributed by atoms with van der Waals surface area (Å²) in [4.78, 5) is 19.6. The molecule has 0 radical (unpaired) electrons. The summed E-state index contributed by atoms with van der Waals surface area (Å²) in [5, 5.41) is 13.3. The minimum atomic E-state index is -0.325. The van der Waals surface area contributed by atoms with Gasteiger partial charge in [-0.2, -0.15) is 0 Å². The standard InChI is InChI=1S/C28H28BrF2N3O2/c1-18(10-20-11-22(29)5-8-24(20)31)33-25-9-2-19(12-32-25)26(36)34-15-27(17-35)13-28(14-27,16-34)21-3-6-23(30)7-4-21/h2-9,11-12,18,35H,10,13-17H2,1H3,(H,32,33). The Hall–Kier alpha value is -2.84. The van der Waals surface area contributed by atoms with Gasteiger partial charge in [0.05, 0.1) is 12.2 Å². The normalized spacial score (nSPS) is 23.6. The molecule has 6 rings (SSSR count). The average Bonchev–Trinajstić information content (AvgIpc) is 2.86. The third-order valence-corrected chi connectivity index (χ3v) is 7.96. The van der Waals surface area contributed by atoms with Crippen LogP contribution in [0.4, 0.5) is 14.6 Å². The minimum absolute atomic E-state index is 0.0112. The molecule has 1 unspecified atom stereocenters. The van der Waals surface area contributed by atoms with E-state index in [4.69, 9.17) is 0 Å². The molecule has 36 heavy (non-hydrogen) atoms. The number of aliphatic hydroxyl groups is 1. The van der Waals surface area contributed by atoms with Crippen molar-refractivity contribution >= 4 is 27.7 Å². The molecule has 1 atom stereocenters. The smallest absolute Gasteiger partial charge is 0.255 e. The van der Waals surface area contributed by atoms with Crippen LogP contribution in [-0.4, -0.2) is 46.6 Å². The Labute approximate surface area is 217 Å². The van der Waals surface area contributed by atoms with Gasteiger partial charge in [-0.05, 0) is 79.8 Å². The van der Waals surface area contributed by atoms with E-state index in [1.54, 1.807) is 47.5 Å². The number of aliphatic hydroxyl groups excluding tert-OH is 1. The molecule has 2 saturated heterocycles. The number of rotatable bonds is 7. The first-order valence-electron chi connectivity index (χ1n) is 12.0. The monoisotopic (exact) mass is 555 g/mol. The molecular weight excluding hydrogens is 528 g/mol. The number of amides is 1. The number of carbonyl (C=O) groups is 1. The highest BCUT2D eigenvalue weighted by atomic mass is 79.9. The van der Waals surface area contributed by atoms with Crippen LogP contribution in [0.25, 0.3) is 0 Å². The Kier molecular flexibility index (Phi) is 6.59. The summed E-state index contributed by atoms with van der Waals surface area (Å²) in [6, 6.07) is 14.8. The lowest BCUT2D eigenvalue weighted by Crippen LogP contribution is -2.67. The van der Waals surface area contributed by atoms with E-state index in [0.717, 1.165) is 22.9 Å². The van der Waals surface area contributed by atoms with Crippen molar-refractivity contribution in [2.24, 2.45) is 5.41 Å². The minimum Gasteiger partial charge on any atom is -0.396 e. The molecule has 2 aromatic carbocycles. The molecular formula is C28H28BrF2N3O2. The lowest BCUT2D eigenvalue weighted by atomic mass is 9.48. The first kappa shape index (κ1) is 24.8. The molecule has 0 spiro atoms. The number of hydrogen-bond acceptors (Lipinski definition) is 4. The van der Waals surface area contributed by atoms with E-state index < -0.39 is 0 Å². The number of piperidine rings is 2. The van der Waals surface area contributed by atoms with Crippen LogP contribution in [0.5, 0.6) is 0 Å². The van der Waals surface area contributed by atoms with Gasteiger partial charge in [-0.15, -0.1) is 0 Å². The Morgan fingerprint density at radius 1 is 1.14 bits per heavy atom. The molecule has 3 aromatic rings. The van der Waals surface area contributed by atoms with Crippen LogP contribution in [0.2, 0.25) is 0 Å². The first-order valence-corrected chi connectivity index (χ1v) is 12.8. The van der Waals surface area contributed by atoms with Crippen molar-refractivity contribution < 1.29 is 18.7 Å². The molecule has 3 aliphatic rings. The van der Waals surface area contributed by atoms with Gasteiger partial charge in [-0.3, -0.25) is 4.79 Å². The second-order valence-electron chi connectivity index (χ2n) is 10.4. The van der Waals surface area contributed by atoms with E-state index in [1.807, 2.05) is 6.92 Å². The van der Waals surface area contributed by atoms with Gasteiger partial charge in [-0.25, -0.2) is 13.8 Å². The maximum atomic E-state index is 14.1. The molecule has 1 aliphatic carbocycles. The van der Waals surface area contributed by atoms with Gasteiger partial charge in [0.1, 0.15) is 17.5 Å². The zero-order chi connectivity index (χ0) is 25.5. The molecule has 1 saturated carbocycles. The van der Waals surface area contributed by atoms with E-state index in [0.29, 0.717) is 36.5 Å². The summed E-state index contributed by atoms with van der Waals surface area (Å²) in [6.07, 6.45) is 3.59. The number of nitrogens with one attached hydrogen (secondary N) is 1. The third kappa shape index (κ3) is 4.76. The van der Waals surface area contributed by atoms with Crippen LogP contribution in [0, 0.1) is 17.0 Å². The fraction of sp³-hybridized carbons (Fsp3) is 0.357. The van der Waals surface area contributed by atoms with E-state index in [2.05, 4.69) is 26.2 Å². The molecule has 2 N–H and O–H groups in total. The highest BCUT2D eigenvalue weighted by Crippen LogP contribution is 2.59. The van der Waals surface area contributed by atoms with E-state index >= 15 is 0 Å². The van der Waals surface area contributed by atoms with Gasteiger partial charge in [-0.1, -0.05) is 28.1 Å². The summed E-state index contributed by atoms with van der Waals surface area (Å²) in [5.74, 6) is -0.0746. The molecule has 1 aromatic heterocycles. The van der Waals surface area contributed by atoms with Crippen LogP contribution in [0.3, 0.4) is 0 Å².